The van der Waals surface area contributed by atoms with Gasteiger partial charge in [0.05, 0.1) is 0 Å². The van der Waals surface area contributed by atoms with E-state index < -0.39 is 16.4 Å². The molecule has 0 saturated heterocycles. The van der Waals surface area contributed by atoms with Crippen LogP contribution in [0.15, 0.2) is 0 Å². The van der Waals surface area contributed by atoms with E-state index in [1.165, 1.54) is 103 Å². The van der Waals surface area contributed by atoms with Crippen LogP contribution in [0.1, 0.15) is 122 Å². The summed E-state index contributed by atoms with van der Waals surface area (Å²) in [5.41, 5.74) is 5.43. The monoisotopic (exact) mass is 595 g/mol. The van der Waals surface area contributed by atoms with Crippen LogP contribution in [0.3, 0.4) is 0 Å². The Morgan fingerprint density at radius 2 is 1.08 bits per heavy atom. The highest BCUT2D eigenvalue weighted by Gasteiger charge is 2.66. The molecule has 0 amide bonds. The van der Waals surface area contributed by atoms with Crippen molar-refractivity contribution in [3.8, 4) is 0 Å². The van der Waals surface area contributed by atoms with Crippen molar-refractivity contribution < 1.29 is 22.1 Å². The molecule has 0 bridgehead atoms. The first kappa shape index (κ1) is 41.2. The van der Waals surface area contributed by atoms with Crippen molar-refractivity contribution >= 4 is 16.4 Å². The van der Waals surface area contributed by atoms with E-state index in [1.54, 1.807) is 35.5 Å². The van der Waals surface area contributed by atoms with Gasteiger partial charge in [0.15, 0.2) is 0 Å². The summed E-state index contributed by atoms with van der Waals surface area (Å²) >= 11 is 0. The molecule has 1 fully saturated rings. The number of nitrogens with one attached hydrogen (secondary N) is 1. The van der Waals surface area contributed by atoms with Gasteiger partial charge >= 0.3 is 16.4 Å². The predicted molar refractivity (Wildman–Crippen MR) is 171 cm³/mol. The highest BCUT2D eigenvalue weighted by Crippen LogP contribution is 2.34. The fourth-order valence-corrected chi connectivity index (χ4v) is 14.4. The van der Waals surface area contributed by atoms with Gasteiger partial charge in [-0.05, 0) is 24.9 Å². The maximum absolute atomic E-state index is 5.72. The van der Waals surface area contributed by atoms with Crippen LogP contribution >= 0.6 is 0 Å². The highest BCUT2D eigenvalue weighted by molar-refractivity contribution is 7.29. The summed E-state index contributed by atoms with van der Waals surface area (Å²) in [6, 6.07) is 0.770. The molecule has 1 aliphatic carbocycles. The van der Waals surface area contributed by atoms with Crippen molar-refractivity contribution in [2.24, 2.45) is 11.7 Å². The van der Waals surface area contributed by atoms with Crippen molar-refractivity contribution in [1.82, 2.24) is 11.5 Å². The van der Waals surface area contributed by atoms with E-state index in [0.717, 1.165) is 37.9 Å². The summed E-state index contributed by atoms with van der Waals surface area (Å²) in [6.07, 6.45) is 25.9. The lowest BCUT2D eigenvalue weighted by Crippen LogP contribution is -2.70. The molecular weight excluding hydrogens is 527 g/mol. The minimum absolute atomic E-state index is 0. The number of nitrogens with two attached hydrogens (primary N) is 1. The number of rotatable bonds is 27. The SMILES string of the molecule is CCCCCCCCCCCCCCCC1CC1.CO[Si](CCCCNCCN)(OC)[Si](OC)(OC)OC.N. The Kier molecular flexibility index (Phi) is 29.9. The molecule has 0 aromatic heterocycles. The second-order valence-electron chi connectivity index (χ2n) is 10.8. The van der Waals surface area contributed by atoms with E-state index in [9.17, 15) is 0 Å². The summed E-state index contributed by atoms with van der Waals surface area (Å²) in [7, 11) is 2.45. The standard InChI is InChI=1S/C18H36.C11H30N2O5Si2.H3N/c1-2-3-4-5-6-7-8-9-10-11-12-13-14-15-18-16-17-18;1-14-19(15-2,20(16-3,17-4)18-5)11-7-6-9-13-10-8-12;/h18H,2-17H2,1H3;13H,6-12H2,1-5H3;1H3. The Morgan fingerprint density at radius 3 is 1.46 bits per heavy atom. The van der Waals surface area contributed by atoms with Crippen molar-refractivity contribution in [2.45, 2.75) is 129 Å². The molecular formula is C29H69N3O5Si2. The van der Waals surface area contributed by atoms with E-state index in [4.69, 9.17) is 27.9 Å². The van der Waals surface area contributed by atoms with Crippen LogP contribution in [0.2, 0.25) is 6.04 Å². The molecule has 0 aromatic carbocycles. The minimum atomic E-state index is -2.92. The van der Waals surface area contributed by atoms with Gasteiger partial charge in [0, 0.05) is 48.6 Å². The van der Waals surface area contributed by atoms with Crippen LogP contribution < -0.4 is 17.2 Å². The van der Waals surface area contributed by atoms with Gasteiger partial charge < -0.3 is 39.3 Å². The topological polar surface area (TPSA) is 119 Å². The van der Waals surface area contributed by atoms with E-state index in [-0.39, 0.29) is 6.15 Å². The smallest absolute Gasteiger partial charge is 0.395 e. The van der Waals surface area contributed by atoms with Gasteiger partial charge in [0.25, 0.3) is 0 Å². The van der Waals surface area contributed by atoms with E-state index in [2.05, 4.69) is 12.2 Å². The summed E-state index contributed by atoms with van der Waals surface area (Å²) in [4.78, 5) is 0. The molecule has 6 N–H and O–H groups in total. The molecule has 39 heavy (non-hydrogen) atoms. The van der Waals surface area contributed by atoms with Crippen molar-refractivity contribution in [3.05, 3.63) is 0 Å². The van der Waals surface area contributed by atoms with Crippen molar-refractivity contribution in [2.75, 3.05) is 55.2 Å². The molecule has 0 radical (unpaired) electrons. The van der Waals surface area contributed by atoms with Gasteiger partial charge in [-0.3, -0.25) is 0 Å². The lowest BCUT2D eigenvalue weighted by Gasteiger charge is -2.38. The number of hydrogen-bond donors (Lipinski definition) is 3. The maximum atomic E-state index is 5.72. The zero-order valence-corrected chi connectivity index (χ0v) is 29.0. The molecule has 0 aromatic rings. The molecule has 10 heteroatoms. The average Bonchev–Trinajstić information content (AvgIpc) is 3.78. The van der Waals surface area contributed by atoms with Crippen LogP contribution in [0, 0.1) is 5.92 Å². The lowest BCUT2D eigenvalue weighted by molar-refractivity contribution is 0.115. The van der Waals surface area contributed by atoms with E-state index >= 15 is 0 Å². The first-order chi connectivity index (χ1) is 18.5. The average molecular weight is 596 g/mol. The van der Waals surface area contributed by atoms with Crippen LogP contribution in [0.4, 0.5) is 0 Å². The Morgan fingerprint density at radius 1 is 0.615 bits per heavy atom. The van der Waals surface area contributed by atoms with E-state index in [0.29, 0.717) is 6.54 Å². The van der Waals surface area contributed by atoms with Crippen LogP contribution in [-0.4, -0.2) is 71.6 Å². The first-order valence-corrected chi connectivity index (χ1v) is 20.5. The van der Waals surface area contributed by atoms with Crippen molar-refractivity contribution in [3.63, 3.8) is 0 Å². The van der Waals surface area contributed by atoms with Gasteiger partial charge in [0.2, 0.25) is 0 Å². The van der Waals surface area contributed by atoms with Crippen molar-refractivity contribution in [1.29, 1.82) is 0 Å². The molecule has 8 nitrogen and oxygen atoms in total. The van der Waals surface area contributed by atoms with Crippen LogP contribution in [0.5, 0.6) is 0 Å². The zero-order valence-electron chi connectivity index (χ0n) is 27.0. The Hall–Kier alpha value is 0.114. The highest BCUT2D eigenvalue weighted by atomic mass is 29.3. The summed E-state index contributed by atoms with van der Waals surface area (Å²) < 4.78 is 28.1. The molecule has 0 aliphatic heterocycles. The second kappa shape index (κ2) is 28.2. The number of unbranched alkanes of at least 4 members (excludes halogenated alkanes) is 13. The Labute approximate surface area is 245 Å². The summed E-state index contributed by atoms with van der Waals surface area (Å²) in [6.45, 7) is 4.72. The van der Waals surface area contributed by atoms with E-state index in [1.807, 2.05) is 0 Å². The second-order valence-corrected chi connectivity index (χ2v) is 20.1. The number of hydrogen-bond acceptors (Lipinski definition) is 8. The molecule has 0 heterocycles. The zero-order chi connectivity index (χ0) is 28.4. The van der Waals surface area contributed by atoms with Crippen LogP contribution in [0.25, 0.3) is 0 Å². The van der Waals surface area contributed by atoms with Gasteiger partial charge in [0.1, 0.15) is 0 Å². The first-order valence-electron chi connectivity index (χ1n) is 15.7. The lowest BCUT2D eigenvalue weighted by atomic mass is 10.0. The molecule has 1 aliphatic rings. The summed E-state index contributed by atoms with van der Waals surface area (Å²) in [5, 5.41) is 3.26. The Balaban J connectivity index is 0. The predicted octanol–water partition coefficient (Wildman–Crippen LogP) is 7.05. The molecule has 0 atom stereocenters. The maximum Gasteiger partial charge on any atom is 0.538 e. The third-order valence-electron chi connectivity index (χ3n) is 7.78. The third-order valence-corrected chi connectivity index (χ3v) is 19.3. The molecule has 0 unspecified atom stereocenters. The van der Waals surface area contributed by atoms with Gasteiger partial charge in [-0.25, -0.2) is 0 Å². The molecule has 0 spiro atoms. The normalized spacial score (nSPS) is 13.6. The third kappa shape index (κ3) is 19.0. The largest absolute Gasteiger partial charge is 0.538 e. The Bertz CT molecular complexity index is 489. The van der Waals surface area contributed by atoms with Crippen LogP contribution in [-0.2, 0) is 22.1 Å². The molecule has 238 valence electrons. The van der Waals surface area contributed by atoms with Gasteiger partial charge in [-0.15, -0.1) is 0 Å². The summed E-state index contributed by atoms with van der Waals surface area (Å²) in [5.74, 6) is 1.15. The fraction of sp³-hybridized carbons (Fsp3) is 1.00. The van der Waals surface area contributed by atoms with Gasteiger partial charge in [-0.2, -0.15) is 0 Å². The quantitative estimate of drug-likeness (QED) is 0.0683. The minimum Gasteiger partial charge on any atom is -0.395 e. The molecule has 1 rings (SSSR count). The van der Waals surface area contributed by atoms with Gasteiger partial charge in [-0.1, -0.05) is 116 Å². The molecule has 1 saturated carbocycles. The fourth-order valence-electron chi connectivity index (χ4n) is 5.10.